The van der Waals surface area contributed by atoms with E-state index in [9.17, 15) is 23.7 Å². The Hall–Kier alpha value is -3.55. The fourth-order valence-corrected chi connectivity index (χ4v) is 8.28. The maximum Gasteiger partial charge on any atom is 0.352 e. The predicted molar refractivity (Wildman–Crippen MR) is 149 cm³/mol. The highest BCUT2D eigenvalue weighted by atomic mass is 32.2. The van der Waals surface area contributed by atoms with Gasteiger partial charge >= 0.3 is 5.97 Å². The molecule has 4 heterocycles. The Morgan fingerprint density at radius 2 is 2.03 bits per heavy atom. The second-order valence-electron chi connectivity index (χ2n) is 9.06. The van der Waals surface area contributed by atoms with E-state index in [4.69, 9.17) is 4.74 Å². The smallest absolute Gasteiger partial charge is 0.352 e. The Balaban J connectivity index is 1.16. The quantitative estimate of drug-likeness (QED) is 0.386. The lowest BCUT2D eigenvalue weighted by Crippen LogP contribution is -2.73. The molecule has 2 amide bonds. The van der Waals surface area contributed by atoms with E-state index in [-0.39, 0.29) is 30.1 Å². The van der Waals surface area contributed by atoms with E-state index >= 15 is 0 Å². The molecule has 1 saturated heterocycles. The lowest BCUT2D eigenvalue weighted by atomic mass is 10.0. The van der Waals surface area contributed by atoms with Crippen LogP contribution in [0.3, 0.4) is 0 Å². The first-order valence-corrected chi connectivity index (χ1v) is 15.3. The van der Waals surface area contributed by atoms with Gasteiger partial charge in [0.25, 0.3) is 5.91 Å². The Morgan fingerprint density at radius 1 is 1.21 bits per heavy atom. The largest absolute Gasteiger partial charge is 0.489 e. The van der Waals surface area contributed by atoms with Gasteiger partial charge in [0.2, 0.25) is 5.91 Å². The summed E-state index contributed by atoms with van der Waals surface area (Å²) in [6, 6.07) is 13.4. The molecule has 3 atom stereocenters. The fourth-order valence-electron chi connectivity index (χ4n) is 4.69. The standard InChI is InChI=1S/C26H22N4O6S3/c31-19(10-14-4-2-1-3-5-14)29-20-24(32)30-21(26(33)34)15(13-39(35)25(20)30)12-36-16-6-7-17-18(11-16)38-23(28-17)22-27-8-9-37-22/h1-7,11,20,25H,8-10,12-13H2,(H,29,31)(H,33,34). The second kappa shape index (κ2) is 10.5. The summed E-state index contributed by atoms with van der Waals surface area (Å²) in [6.07, 6.45) is 0.0588. The molecule has 10 nitrogen and oxygen atoms in total. The van der Waals surface area contributed by atoms with Gasteiger partial charge in [-0.2, -0.15) is 0 Å². The summed E-state index contributed by atoms with van der Waals surface area (Å²) in [5.74, 6) is -0.934. The number of benzene rings is 2. The van der Waals surface area contributed by atoms with Crippen molar-refractivity contribution in [2.75, 3.05) is 24.7 Å². The van der Waals surface area contributed by atoms with Crippen LogP contribution in [0, 0.1) is 0 Å². The summed E-state index contributed by atoms with van der Waals surface area (Å²) in [7, 11) is -1.62. The number of carboxylic acid groups (broad SMARTS) is 1. The SMILES string of the molecule is O=C(Cc1ccccc1)NC1C(=O)N2C(C(=O)O)=C(COc3ccc4nc(C5=NCCS5)sc4c3)CS(=O)C12. The lowest BCUT2D eigenvalue weighted by Gasteiger charge is -2.49. The van der Waals surface area contributed by atoms with E-state index < -0.39 is 40.0 Å². The van der Waals surface area contributed by atoms with Crippen molar-refractivity contribution in [2.24, 2.45) is 4.99 Å². The van der Waals surface area contributed by atoms with Crippen LogP contribution < -0.4 is 10.1 Å². The van der Waals surface area contributed by atoms with Crippen LogP contribution in [0.1, 0.15) is 10.6 Å². The van der Waals surface area contributed by atoms with Crippen molar-refractivity contribution >= 4 is 66.9 Å². The van der Waals surface area contributed by atoms with Gasteiger partial charge in [-0.15, -0.1) is 23.1 Å². The van der Waals surface area contributed by atoms with Gasteiger partial charge in [0.1, 0.15) is 39.5 Å². The molecule has 2 N–H and O–H groups in total. The Morgan fingerprint density at radius 3 is 2.77 bits per heavy atom. The van der Waals surface area contributed by atoms with E-state index in [1.54, 1.807) is 42.1 Å². The molecule has 3 aliphatic rings. The highest BCUT2D eigenvalue weighted by molar-refractivity contribution is 8.15. The third kappa shape index (κ3) is 4.97. The number of nitrogens with zero attached hydrogens (tertiary/aromatic N) is 3. The number of fused-ring (bicyclic) bond motifs is 2. The second-order valence-corrected chi connectivity index (χ2v) is 12.7. The van der Waals surface area contributed by atoms with Crippen molar-refractivity contribution in [3.63, 3.8) is 0 Å². The number of carbonyl (C=O) groups is 3. The molecular formula is C26H22N4O6S3. The van der Waals surface area contributed by atoms with Crippen LogP contribution in [0.5, 0.6) is 5.75 Å². The van der Waals surface area contributed by atoms with Crippen LogP contribution in [0.15, 0.2) is 64.8 Å². The van der Waals surface area contributed by atoms with Gasteiger partial charge in [-0.05, 0) is 23.8 Å². The zero-order valence-corrected chi connectivity index (χ0v) is 22.8. The molecule has 0 saturated carbocycles. The molecular weight excluding hydrogens is 561 g/mol. The molecule has 200 valence electrons. The first-order valence-electron chi connectivity index (χ1n) is 12.1. The number of amides is 2. The van der Waals surface area contributed by atoms with Gasteiger partial charge in [-0.25, -0.2) is 9.78 Å². The van der Waals surface area contributed by atoms with Crippen LogP contribution in [-0.4, -0.2) is 78.1 Å². The van der Waals surface area contributed by atoms with E-state index in [1.807, 2.05) is 18.2 Å². The summed E-state index contributed by atoms with van der Waals surface area (Å²) in [5.41, 5.74) is 1.60. The monoisotopic (exact) mass is 582 g/mol. The van der Waals surface area contributed by atoms with E-state index in [0.29, 0.717) is 5.75 Å². The van der Waals surface area contributed by atoms with Crippen molar-refractivity contribution in [3.05, 3.63) is 70.4 Å². The summed E-state index contributed by atoms with van der Waals surface area (Å²) in [4.78, 5) is 47.7. The Labute approximate surface area is 233 Å². The number of hydrogen-bond donors (Lipinski definition) is 2. The topological polar surface area (TPSA) is 138 Å². The number of β-lactam (4-membered cyclic amide) rings is 1. The van der Waals surface area contributed by atoms with Crippen LogP contribution in [0.4, 0.5) is 0 Å². The number of nitrogens with one attached hydrogen (secondary N) is 1. The van der Waals surface area contributed by atoms with Gasteiger partial charge in [0, 0.05) is 17.9 Å². The van der Waals surface area contributed by atoms with Gasteiger partial charge < -0.3 is 15.2 Å². The number of thiazole rings is 1. The van der Waals surface area contributed by atoms with Gasteiger partial charge in [0.05, 0.1) is 33.2 Å². The summed E-state index contributed by atoms with van der Waals surface area (Å²) in [6.45, 7) is 0.641. The third-order valence-electron chi connectivity index (χ3n) is 6.47. The molecule has 0 bridgehead atoms. The molecule has 3 aromatic rings. The lowest BCUT2D eigenvalue weighted by molar-refractivity contribution is -0.151. The van der Waals surface area contributed by atoms with Crippen LogP contribution in [-0.2, 0) is 31.6 Å². The molecule has 39 heavy (non-hydrogen) atoms. The molecule has 13 heteroatoms. The molecule has 1 aromatic heterocycles. The zero-order chi connectivity index (χ0) is 27.1. The van der Waals surface area contributed by atoms with Crippen molar-refractivity contribution < 1.29 is 28.4 Å². The number of carbonyl (C=O) groups excluding carboxylic acids is 2. The molecule has 3 unspecified atom stereocenters. The number of aromatic nitrogens is 1. The third-order valence-corrected chi connectivity index (χ3v) is 10.3. The molecule has 2 aromatic carbocycles. The van der Waals surface area contributed by atoms with Crippen LogP contribution in [0.25, 0.3) is 10.2 Å². The fraction of sp³-hybridized carbons (Fsp3) is 0.269. The van der Waals surface area contributed by atoms with Crippen LogP contribution in [0.2, 0.25) is 0 Å². The first-order chi connectivity index (χ1) is 18.9. The summed E-state index contributed by atoms with van der Waals surface area (Å²) < 4.78 is 19.9. The van der Waals surface area contributed by atoms with Crippen LogP contribution >= 0.6 is 23.1 Å². The maximum absolute atomic E-state index is 13.1. The predicted octanol–water partition coefficient (Wildman–Crippen LogP) is 2.17. The minimum atomic E-state index is -1.62. The number of ether oxygens (including phenoxy) is 1. The van der Waals surface area contributed by atoms with Crippen molar-refractivity contribution in [1.82, 2.24) is 15.2 Å². The minimum absolute atomic E-state index is 0.0588. The highest BCUT2D eigenvalue weighted by Gasteiger charge is 2.57. The maximum atomic E-state index is 13.1. The van der Waals surface area contributed by atoms with Gasteiger partial charge in [-0.3, -0.25) is 23.7 Å². The number of carboxylic acids is 1. The van der Waals surface area contributed by atoms with Crippen molar-refractivity contribution in [3.8, 4) is 5.75 Å². The average molecular weight is 583 g/mol. The number of rotatable bonds is 8. The van der Waals surface area contributed by atoms with Gasteiger partial charge in [-0.1, -0.05) is 30.3 Å². The molecule has 0 aliphatic carbocycles. The molecule has 0 radical (unpaired) electrons. The van der Waals surface area contributed by atoms with Crippen molar-refractivity contribution in [1.29, 1.82) is 0 Å². The number of hydrogen-bond acceptors (Lipinski definition) is 9. The summed E-state index contributed by atoms with van der Waals surface area (Å²) >= 11 is 3.18. The highest BCUT2D eigenvalue weighted by Crippen LogP contribution is 2.36. The molecule has 0 spiro atoms. The minimum Gasteiger partial charge on any atom is -0.489 e. The Bertz CT molecular complexity index is 1580. The number of aliphatic imine (C=N–C) groups is 1. The molecule has 3 aliphatic heterocycles. The molecule has 6 rings (SSSR count). The number of aliphatic carboxylic acids is 1. The number of thioether (sulfide) groups is 1. The molecule has 1 fully saturated rings. The van der Waals surface area contributed by atoms with E-state index in [2.05, 4.69) is 15.3 Å². The van der Waals surface area contributed by atoms with Gasteiger partial charge in [0.15, 0.2) is 0 Å². The summed E-state index contributed by atoms with van der Waals surface area (Å²) in [5, 5.41) is 13.4. The zero-order valence-electron chi connectivity index (χ0n) is 20.4. The van der Waals surface area contributed by atoms with Crippen molar-refractivity contribution in [2.45, 2.75) is 17.8 Å². The Kier molecular flexibility index (Phi) is 6.95. The normalized spacial score (nSPS) is 22.4. The average Bonchev–Trinajstić information content (AvgIpc) is 3.60. The first kappa shape index (κ1) is 25.7. The van der Waals surface area contributed by atoms with E-state index in [1.165, 1.54) is 11.3 Å². The van der Waals surface area contributed by atoms with E-state index in [0.717, 1.165) is 43.0 Å².